The van der Waals surface area contributed by atoms with Gasteiger partial charge < -0.3 is 10.1 Å². The second kappa shape index (κ2) is 7.46. The average Bonchev–Trinajstić information content (AvgIpc) is 3.32. The summed E-state index contributed by atoms with van der Waals surface area (Å²) >= 11 is 0. The van der Waals surface area contributed by atoms with E-state index >= 15 is 0 Å². The lowest BCUT2D eigenvalue weighted by Crippen LogP contribution is -2.30. The second-order valence-electron chi connectivity index (χ2n) is 7.87. The van der Waals surface area contributed by atoms with Crippen LogP contribution in [-0.2, 0) is 9.59 Å². The summed E-state index contributed by atoms with van der Waals surface area (Å²) in [6.45, 7) is 3.89. The van der Waals surface area contributed by atoms with Crippen LogP contribution in [0.5, 0.6) is 0 Å². The number of aliphatic hydroxyl groups excluding tert-OH is 1. The van der Waals surface area contributed by atoms with Crippen molar-refractivity contribution in [2.24, 2.45) is 0 Å². The van der Waals surface area contributed by atoms with Gasteiger partial charge in [0.15, 0.2) is 0 Å². The number of hydrogen-bond donors (Lipinski definition) is 2. The Bertz CT molecular complexity index is 1390. The van der Waals surface area contributed by atoms with Crippen LogP contribution in [0.4, 0.5) is 5.95 Å². The normalized spacial score (nSPS) is 17.9. The van der Waals surface area contributed by atoms with E-state index < -0.39 is 17.7 Å². The highest BCUT2D eigenvalue weighted by Gasteiger charge is 2.48. The van der Waals surface area contributed by atoms with Gasteiger partial charge in [-0.1, -0.05) is 42.0 Å². The summed E-state index contributed by atoms with van der Waals surface area (Å²) in [7, 11) is 0. The molecule has 5 rings (SSSR count). The van der Waals surface area contributed by atoms with Crippen LogP contribution in [0.2, 0.25) is 0 Å². The minimum atomic E-state index is -0.917. The summed E-state index contributed by atoms with van der Waals surface area (Å²) in [6.07, 6.45) is 1.59. The number of Topliss-reactive ketones (excluding diaryl/α,β-unsaturated/α-hetero) is 1. The topological polar surface area (TPSA) is 99.2 Å². The van der Waals surface area contributed by atoms with Gasteiger partial charge in [-0.2, -0.15) is 0 Å². The molecule has 1 aliphatic rings. The Kier molecular flexibility index (Phi) is 4.59. The fourth-order valence-electron chi connectivity index (χ4n) is 3.96. The number of nitrogens with one attached hydrogen (secondary N) is 1. The highest BCUT2D eigenvalue weighted by Crippen LogP contribution is 2.41. The number of aromatic nitrogens is 3. The number of ketones is 1. The number of nitrogens with zero attached hydrogens (tertiary/aromatic N) is 3. The van der Waals surface area contributed by atoms with Gasteiger partial charge in [0.05, 0.1) is 22.3 Å². The van der Waals surface area contributed by atoms with Crippen LogP contribution in [0.15, 0.2) is 72.4 Å². The lowest BCUT2D eigenvalue weighted by atomic mass is 9.98. The zero-order valence-corrected chi connectivity index (χ0v) is 17.5. The molecule has 0 spiro atoms. The van der Waals surface area contributed by atoms with Gasteiger partial charge in [0, 0.05) is 11.8 Å². The fourth-order valence-corrected chi connectivity index (χ4v) is 3.96. The maximum atomic E-state index is 13.2. The molecule has 0 radical (unpaired) electrons. The Morgan fingerprint density at radius 1 is 1.00 bits per heavy atom. The molecule has 1 saturated heterocycles. The van der Waals surface area contributed by atoms with Gasteiger partial charge in [0.25, 0.3) is 5.78 Å². The number of H-pyrrole nitrogens is 1. The van der Waals surface area contributed by atoms with E-state index in [9.17, 15) is 14.7 Å². The molecular formula is C25H20N4O3. The Hall–Kier alpha value is -4.26. The number of benzene rings is 2. The molecule has 1 fully saturated rings. The van der Waals surface area contributed by atoms with Crippen molar-refractivity contribution in [3.63, 3.8) is 0 Å². The molecule has 32 heavy (non-hydrogen) atoms. The van der Waals surface area contributed by atoms with E-state index in [1.54, 1.807) is 36.5 Å². The Morgan fingerprint density at radius 2 is 1.75 bits per heavy atom. The van der Waals surface area contributed by atoms with Crippen LogP contribution in [0.25, 0.3) is 16.8 Å². The maximum absolute atomic E-state index is 13.2. The lowest BCUT2D eigenvalue weighted by Gasteiger charge is -2.22. The van der Waals surface area contributed by atoms with E-state index in [0.29, 0.717) is 16.8 Å². The minimum absolute atomic E-state index is 0.0193. The second-order valence-corrected chi connectivity index (χ2v) is 7.87. The van der Waals surface area contributed by atoms with Crippen LogP contribution in [0, 0.1) is 13.8 Å². The number of amides is 1. The molecule has 2 N–H and O–H groups in total. The van der Waals surface area contributed by atoms with Gasteiger partial charge >= 0.3 is 5.91 Å². The van der Waals surface area contributed by atoms with Crippen LogP contribution in [0.3, 0.4) is 0 Å². The zero-order valence-electron chi connectivity index (χ0n) is 17.5. The van der Waals surface area contributed by atoms with Gasteiger partial charge in [0.1, 0.15) is 11.8 Å². The van der Waals surface area contributed by atoms with Crippen LogP contribution < -0.4 is 4.90 Å². The van der Waals surface area contributed by atoms with Crippen LogP contribution in [0.1, 0.15) is 28.4 Å². The summed E-state index contributed by atoms with van der Waals surface area (Å²) in [6, 6.07) is 17.1. The molecule has 3 heterocycles. The molecule has 4 aromatic rings. The molecule has 0 saturated carbocycles. The molecule has 0 aliphatic carbocycles. The number of carbonyl (C=O) groups is 2. The summed E-state index contributed by atoms with van der Waals surface area (Å²) in [5.74, 6) is -1.57. The first-order valence-electron chi connectivity index (χ1n) is 10.2. The van der Waals surface area contributed by atoms with Crippen molar-refractivity contribution in [3.05, 3.63) is 94.8 Å². The number of aryl methyl sites for hydroxylation is 2. The van der Waals surface area contributed by atoms with Gasteiger partial charge in [0.2, 0.25) is 5.95 Å². The highest BCUT2D eigenvalue weighted by molar-refractivity contribution is 6.51. The van der Waals surface area contributed by atoms with Gasteiger partial charge in [-0.15, -0.1) is 0 Å². The van der Waals surface area contributed by atoms with E-state index in [1.807, 2.05) is 44.2 Å². The molecule has 7 nitrogen and oxygen atoms in total. The predicted molar refractivity (Wildman–Crippen MR) is 121 cm³/mol. The Balaban J connectivity index is 1.72. The van der Waals surface area contributed by atoms with Gasteiger partial charge in [-0.25, -0.2) is 4.98 Å². The largest absolute Gasteiger partial charge is 0.507 e. The van der Waals surface area contributed by atoms with Crippen molar-refractivity contribution >= 4 is 34.4 Å². The number of pyridine rings is 1. The first-order chi connectivity index (χ1) is 15.4. The minimum Gasteiger partial charge on any atom is -0.507 e. The molecule has 1 amide bonds. The number of rotatable bonds is 3. The highest BCUT2D eigenvalue weighted by atomic mass is 16.3. The zero-order chi connectivity index (χ0) is 22.4. The number of anilines is 1. The third-order valence-corrected chi connectivity index (χ3v) is 5.59. The Morgan fingerprint density at radius 3 is 2.47 bits per heavy atom. The van der Waals surface area contributed by atoms with Crippen molar-refractivity contribution in [3.8, 4) is 0 Å². The van der Waals surface area contributed by atoms with E-state index in [1.165, 1.54) is 4.90 Å². The SMILES string of the molecule is Cc1ccc(/C(O)=C2\C(=O)C(=O)N(c3nc4ccc(C)cc4[nH]3)C2c2ccccn2)cc1. The van der Waals surface area contributed by atoms with E-state index in [4.69, 9.17) is 0 Å². The first kappa shape index (κ1) is 19.7. The number of carbonyl (C=O) groups excluding carboxylic acids is 2. The number of aromatic amines is 1. The first-order valence-corrected chi connectivity index (χ1v) is 10.2. The summed E-state index contributed by atoms with van der Waals surface area (Å²) in [5, 5.41) is 11.1. The maximum Gasteiger partial charge on any atom is 0.302 e. The van der Waals surface area contributed by atoms with Crippen molar-refractivity contribution in [1.29, 1.82) is 0 Å². The standard InChI is InChI=1S/C25H20N4O3/c1-14-6-9-16(10-7-14)22(30)20-21(18-5-3-4-12-26-18)29(24(32)23(20)31)25-27-17-11-8-15(2)13-19(17)28-25/h3-13,21,30H,1-2H3,(H,27,28)/b22-20+. The summed E-state index contributed by atoms with van der Waals surface area (Å²) < 4.78 is 0. The van der Waals surface area contributed by atoms with Crippen molar-refractivity contribution in [1.82, 2.24) is 15.0 Å². The molecule has 2 aromatic carbocycles. The fraction of sp³-hybridized carbons (Fsp3) is 0.120. The molecular weight excluding hydrogens is 404 g/mol. The number of imidazole rings is 1. The van der Waals surface area contributed by atoms with Crippen molar-refractivity contribution in [2.45, 2.75) is 19.9 Å². The smallest absolute Gasteiger partial charge is 0.302 e. The molecule has 0 bridgehead atoms. The Labute approximate surface area is 184 Å². The third kappa shape index (κ3) is 3.15. The van der Waals surface area contributed by atoms with Gasteiger partial charge in [-0.3, -0.25) is 19.5 Å². The van der Waals surface area contributed by atoms with Crippen LogP contribution >= 0.6 is 0 Å². The molecule has 7 heteroatoms. The third-order valence-electron chi connectivity index (χ3n) is 5.59. The molecule has 1 atom stereocenters. The van der Waals surface area contributed by atoms with Crippen molar-refractivity contribution in [2.75, 3.05) is 4.90 Å². The molecule has 1 aliphatic heterocycles. The molecule has 2 aromatic heterocycles. The summed E-state index contributed by atoms with van der Waals surface area (Å²) in [5.41, 5.74) is 4.36. The van der Waals surface area contributed by atoms with Gasteiger partial charge in [-0.05, 0) is 43.7 Å². The van der Waals surface area contributed by atoms with Crippen molar-refractivity contribution < 1.29 is 14.7 Å². The monoisotopic (exact) mass is 424 g/mol. The number of fused-ring (bicyclic) bond motifs is 1. The quantitative estimate of drug-likeness (QED) is 0.292. The molecule has 1 unspecified atom stereocenters. The molecule has 158 valence electrons. The van der Waals surface area contributed by atoms with Crippen LogP contribution in [-0.4, -0.2) is 31.7 Å². The lowest BCUT2D eigenvalue weighted by molar-refractivity contribution is -0.132. The summed E-state index contributed by atoms with van der Waals surface area (Å²) in [4.78, 5) is 39.7. The number of hydrogen-bond acceptors (Lipinski definition) is 5. The van der Waals surface area contributed by atoms with E-state index in [2.05, 4.69) is 15.0 Å². The van der Waals surface area contributed by atoms with E-state index in [-0.39, 0.29) is 17.3 Å². The predicted octanol–water partition coefficient (Wildman–Crippen LogP) is 4.20. The number of aliphatic hydroxyl groups is 1. The average molecular weight is 424 g/mol. The van der Waals surface area contributed by atoms with E-state index in [0.717, 1.165) is 16.6 Å².